The second kappa shape index (κ2) is 7.23. The highest BCUT2D eigenvalue weighted by atomic mass is 19.1. The Morgan fingerprint density at radius 3 is 2.75 bits per heavy atom. The molecule has 0 spiro atoms. The van der Waals surface area contributed by atoms with Crippen LogP contribution in [0.3, 0.4) is 0 Å². The SMILES string of the molecule is COc1ccc2c(c1)CC[C@@H]1C2=NN(/C(C)=C\C(C)=O)[C@H]1c1ccccc1F. The van der Waals surface area contributed by atoms with Gasteiger partial charge in [0, 0.05) is 28.8 Å². The molecular weight excluding hydrogens is 355 g/mol. The van der Waals surface area contributed by atoms with Crippen molar-refractivity contribution in [1.82, 2.24) is 5.01 Å². The molecule has 0 saturated carbocycles. The predicted molar refractivity (Wildman–Crippen MR) is 107 cm³/mol. The molecule has 2 aromatic carbocycles. The van der Waals surface area contributed by atoms with Crippen molar-refractivity contribution in [1.29, 1.82) is 0 Å². The van der Waals surface area contributed by atoms with Crippen LogP contribution in [0.5, 0.6) is 5.75 Å². The van der Waals surface area contributed by atoms with Gasteiger partial charge in [-0.15, -0.1) is 0 Å². The average molecular weight is 378 g/mol. The molecule has 0 radical (unpaired) electrons. The summed E-state index contributed by atoms with van der Waals surface area (Å²) in [6.07, 6.45) is 3.30. The van der Waals surface area contributed by atoms with Gasteiger partial charge in [0.15, 0.2) is 5.78 Å². The zero-order chi connectivity index (χ0) is 19.8. The molecule has 1 aliphatic carbocycles. The number of aryl methyl sites for hydroxylation is 1. The normalized spacial score (nSPS) is 21.1. The van der Waals surface area contributed by atoms with Crippen LogP contribution in [0.2, 0.25) is 0 Å². The Morgan fingerprint density at radius 2 is 2.04 bits per heavy atom. The molecule has 1 aliphatic heterocycles. The maximum absolute atomic E-state index is 14.7. The van der Waals surface area contributed by atoms with Crippen LogP contribution in [0.1, 0.15) is 43.0 Å². The minimum Gasteiger partial charge on any atom is -0.497 e. The molecule has 2 aromatic rings. The highest BCUT2D eigenvalue weighted by Crippen LogP contribution is 2.45. The summed E-state index contributed by atoms with van der Waals surface area (Å²) in [6.45, 7) is 3.37. The maximum Gasteiger partial charge on any atom is 0.154 e. The van der Waals surface area contributed by atoms with Crippen LogP contribution in [-0.2, 0) is 11.2 Å². The molecule has 0 bridgehead atoms. The smallest absolute Gasteiger partial charge is 0.154 e. The van der Waals surface area contributed by atoms with Gasteiger partial charge in [-0.3, -0.25) is 9.80 Å². The van der Waals surface area contributed by atoms with Crippen molar-refractivity contribution < 1.29 is 13.9 Å². The number of carbonyl (C=O) groups is 1. The molecule has 0 aromatic heterocycles. The number of ether oxygens (including phenoxy) is 1. The predicted octanol–water partition coefficient (Wildman–Crippen LogP) is 4.65. The third kappa shape index (κ3) is 3.11. The van der Waals surface area contributed by atoms with Gasteiger partial charge in [0.25, 0.3) is 0 Å². The molecule has 0 N–H and O–H groups in total. The molecule has 4 rings (SSSR count). The summed E-state index contributed by atoms with van der Waals surface area (Å²) < 4.78 is 20.1. The first-order chi connectivity index (χ1) is 13.5. The van der Waals surface area contributed by atoms with Crippen LogP contribution >= 0.6 is 0 Å². The number of rotatable bonds is 4. The number of methoxy groups -OCH3 is 1. The quantitative estimate of drug-likeness (QED) is 0.727. The third-order valence-electron chi connectivity index (χ3n) is 5.52. The van der Waals surface area contributed by atoms with Crippen LogP contribution in [0.15, 0.2) is 59.3 Å². The minimum absolute atomic E-state index is 0.0509. The van der Waals surface area contributed by atoms with Crippen LogP contribution < -0.4 is 4.74 Å². The second-order valence-corrected chi connectivity index (χ2v) is 7.36. The molecule has 0 amide bonds. The number of hydrazone groups is 1. The number of hydrogen-bond donors (Lipinski definition) is 0. The van der Waals surface area contributed by atoms with Crippen molar-refractivity contribution in [3.8, 4) is 5.75 Å². The standard InChI is InChI=1S/C23H23FN2O2/c1-14(12-15(2)27)26-23(19-6-4-5-7-21(19)24)20-10-8-16-13-17(28-3)9-11-18(16)22(20)25-26/h4-7,9,11-13,20,23H,8,10H2,1-3H3/b14-12-/t20-,23+/m1/s1. The highest BCUT2D eigenvalue weighted by molar-refractivity contribution is 6.06. The lowest BCUT2D eigenvalue weighted by molar-refractivity contribution is -0.112. The van der Waals surface area contributed by atoms with Crippen molar-refractivity contribution in [3.05, 3.63) is 76.7 Å². The molecule has 4 nitrogen and oxygen atoms in total. The van der Waals surface area contributed by atoms with Gasteiger partial charge in [-0.2, -0.15) is 5.10 Å². The van der Waals surface area contributed by atoms with Gasteiger partial charge >= 0.3 is 0 Å². The molecule has 2 atom stereocenters. The molecule has 0 fully saturated rings. The van der Waals surface area contributed by atoms with Crippen molar-refractivity contribution in [3.63, 3.8) is 0 Å². The Hall–Kier alpha value is -2.95. The third-order valence-corrected chi connectivity index (χ3v) is 5.52. The summed E-state index contributed by atoms with van der Waals surface area (Å²) in [4.78, 5) is 11.7. The molecule has 5 heteroatoms. The first-order valence-electron chi connectivity index (χ1n) is 9.48. The summed E-state index contributed by atoms with van der Waals surface area (Å²) in [5.74, 6) is 0.592. The van der Waals surface area contributed by atoms with Crippen LogP contribution in [0, 0.1) is 11.7 Å². The van der Waals surface area contributed by atoms with E-state index in [9.17, 15) is 9.18 Å². The van der Waals surface area contributed by atoms with Gasteiger partial charge in [-0.05, 0) is 56.5 Å². The van der Waals surface area contributed by atoms with Crippen molar-refractivity contribution >= 4 is 11.5 Å². The van der Waals surface area contributed by atoms with Gasteiger partial charge < -0.3 is 4.74 Å². The van der Waals surface area contributed by atoms with Gasteiger partial charge in [0.2, 0.25) is 0 Å². The molecule has 28 heavy (non-hydrogen) atoms. The number of allylic oxidation sites excluding steroid dienone is 2. The van der Waals surface area contributed by atoms with Crippen LogP contribution in [0.4, 0.5) is 4.39 Å². The molecule has 144 valence electrons. The molecule has 2 aliphatic rings. The maximum atomic E-state index is 14.7. The van der Waals surface area contributed by atoms with Crippen molar-refractivity contribution in [2.24, 2.45) is 11.0 Å². The van der Waals surface area contributed by atoms with Crippen molar-refractivity contribution in [2.75, 3.05) is 7.11 Å². The van der Waals surface area contributed by atoms with Crippen LogP contribution in [-0.4, -0.2) is 23.6 Å². The van der Waals surface area contributed by atoms with Crippen molar-refractivity contribution in [2.45, 2.75) is 32.7 Å². The molecular formula is C23H23FN2O2. The number of hydrogen-bond acceptors (Lipinski definition) is 4. The second-order valence-electron chi connectivity index (χ2n) is 7.36. The Morgan fingerprint density at radius 1 is 1.25 bits per heavy atom. The summed E-state index contributed by atoms with van der Waals surface area (Å²) in [5.41, 5.74) is 4.55. The largest absolute Gasteiger partial charge is 0.497 e. The van der Waals surface area contributed by atoms with E-state index in [0.717, 1.165) is 35.6 Å². The average Bonchev–Trinajstić information content (AvgIpc) is 3.07. The number of halogens is 1. The van der Waals surface area contributed by atoms with E-state index in [1.807, 2.05) is 42.3 Å². The van der Waals surface area contributed by atoms with Crippen LogP contribution in [0.25, 0.3) is 0 Å². The van der Waals surface area contributed by atoms with Gasteiger partial charge in [0.05, 0.1) is 18.9 Å². The summed E-state index contributed by atoms with van der Waals surface area (Å²) in [5, 5.41) is 6.70. The summed E-state index contributed by atoms with van der Waals surface area (Å²) in [7, 11) is 1.66. The topological polar surface area (TPSA) is 41.9 Å². The van der Waals surface area contributed by atoms with E-state index in [4.69, 9.17) is 9.84 Å². The Labute approximate surface area is 164 Å². The lowest BCUT2D eigenvalue weighted by atomic mass is 9.77. The minimum atomic E-state index is -0.262. The molecule has 1 heterocycles. The number of benzene rings is 2. The number of carbonyl (C=O) groups excluding carboxylic acids is 1. The first kappa shape index (κ1) is 18.4. The zero-order valence-corrected chi connectivity index (χ0v) is 16.3. The first-order valence-corrected chi connectivity index (χ1v) is 9.48. The fourth-order valence-corrected chi connectivity index (χ4v) is 4.31. The fraction of sp³-hybridized carbons (Fsp3) is 0.304. The van der Waals surface area contributed by atoms with E-state index >= 15 is 0 Å². The Kier molecular flexibility index (Phi) is 4.75. The summed E-state index contributed by atoms with van der Waals surface area (Å²) >= 11 is 0. The number of fused-ring (bicyclic) bond motifs is 3. The lowest BCUT2D eigenvalue weighted by Crippen LogP contribution is -2.29. The van der Waals surface area contributed by atoms with E-state index in [-0.39, 0.29) is 23.6 Å². The molecule has 0 saturated heterocycles. The van der Waals surface area contributed by atoms with E-state index in [1.54, 1.807) is 19.3 Å². The highest BCUT2D eigenvalue weighted by Gasteiger charge is 2.43. The van der Waals surface area contributed by atoms with E-state index in [0.29, 0.717) is 5.56 Å². The Balaban J connectivity index is 1.84. The van der Waals surface area contributed by atoms with Gasteiger partial charge in [0.1, 0.15) is 11.6 Å². The zero-order valence-electron chi connectivity index (χ0n) is 16.3. The van der Waals surface area contributed by atoms with E-state index < -0.39 is 0 Å². The summed E-state index contributed by atoms with van der Waals surface area (Å²) in [6, 6.07) is 12.6. The van der Waals surface area contributed by atoms with E-state index in [2.05, 4.69) is 0 Å². The van der Waals surface area contributed by atoms with E-state index in [1.165, 1.54) is 18.6 Å². The van der Waals surface area contributed by atoms with Gasteiger partial charge in [-0.25, -0.2) is 4.39 Å². The number of nitrogens with zero attached hydrogens (tertiary/aromatic N) is 2. The molecule has 0 unspecified atom stereocenters. The lowest BCUT2D eigenvalue weighted by Gasteiger charge is -2.31. The van der Waals surface area contributed by atoms with Gasteiger partial charge in [-0.1, -0.05) is 18.2 Å². The fourth-order valence-electron chi connectivity index (χ4n) is 4.31. The monoisotopic (exact) mass is 378 g/mol. The number of ketones is 1. The Bertz CT molecular complexity index is 996.